The van der Waals surface area contributed by atoms with Gasteiger partial charge in [-0.15, -0.1) is 0 Å². The third kappa shape index (κ3) is 1.80. The molecule has 0 amide bonds. The highest BCUT2D eigenvalue weighted by Gasteiger charge is 2.41. The first-order valence-corrected chi connectivity index (χ1v) is 5.00. The fourth-order valence-electron chi connectivity index (χ4n) is 1.93. The lowest BCUT2D eigenvalue weighted by atomic mass is 9.70. The SMILES string of the molecule is CCC(C)C1(OCCO)CCC1. The second-order valence-corrected chi connectivity index (χ2v) is 3.80. The van der Waals surface area contributed by atoms with Crippen LogP contribution in [0.3, 0.4) is 0 Å². The number of rotatable bonds is 5. The van der Waals surface area contributed by atoms with Crippen molar-refractivity contribution < 1.29 is 9.84 Å². The lowest BCUT2D eigenvalue weighted by Gasteiger charge is -2.46. The van der Waals surface area contributed by atoms with Gasteiger partial charge < -0.3 is 9.84 Å². The molecule has 0 bridgehead atoms. The molecule has 1 rings (SSSR count). The number of hydrogen-bond acceptors (Lipinski definition) is 2. The summed E-state index contributed by atoms with van der Waals surface area (Å²) in [6.45, 7) is 5.10. The maximum Gasteiger partial charge on any atom is 0.0709 e. The molecule has 0 heterocycles. The van der Waals surface area contributed by atoms with Gasteiger partial charge in [0.25, 0.3) is 0 Å². The summed E-state index contributed by atoms with van der Waals surface area (Å²) in [4.78, 5) is 0. The predicted molar refractivity (Wildman–Crippen MR) is 49.1 cm³/mol. The van der Waals surface area contributed by atoms with Gasteiger partial charge in [-0.05, 0) is 25.2 Å². The predicted octanol–water partition coefficient (Wildman–Crippen LogP) is 1.96. The van der Waals surface area contributed by atoms with Crippen LogP contribution < -0.4 is 0 Å². The van der Waals surface area contributed by atoms with Crippen LogP contribution in [0.4, 0.5) is 0 Å². The van der Waals surface area contributed by atoms with Gasteiger partial charge in [0.1, 0.15) is 0 Å². The fraction of sp³-hybridized carbons (Fsp3) is 1.00. The average Bonchev–Trinajstić information content (AvgIpc) is 2.02. The molecule has 1 saturated carbocycles. The highest BCUT2D eigenvalue weighted by atomic mass is 16.5. The highest BCUT2D eigenvalue weighted by molar-refractivity contribution is 4.93. The average molecular weight is 172 g/mol. The van der Waals surface area contributed by atoms with E-state index in [9.17, 15) is 0 Å². The molecule has 12 heavy (non-hydrogen) atoms. The van der Waals surface area contributed by atoms with E-state index in [1.54, 1.807) is 0 Å². The van der Waals surface area contributed by atoms with Crippen LogP contribution in [0, 0.1) is 5.92 Å². The van der Waals surface area contributed by atoms with Crippen LogP contribution in [0.5, 0.6) is 0 Å². The second kappa shape index (κ2) is 4.24. The summed E-state index contributed by atoms with van der Waals surface area (Å²) < 4.78 is 5.72. The van der Waals surface area contributed by atoms with E-state index in [2.05, 4.69) is 13.8 Å². The Labute approximate surface area is 74.9 Å². The first-order chi connectivity index (χ1) is 5.75. The molecule has 1 N–H and O–H groups in total. The van der Waals surface area contributed by atoms with Crippen molar-refractivity contribution in [1.82, 2.24) is 0 Å². The van der Waals surface area contributed by atoms with Gasteiger partial charge in [-0.3, -0.25) is 0 Å². The van der Waals surface area contributed by atoms with Crippen molar-refractivity contribution in [3.63, 3.8) is 0 Å². The second-order valence-electron chi connectivity index (χ2n) is 3.80. The van der Waals surface area contributed by atoms with Crippen LogP contribution in [0.15, 0.2) is 0 Å². The first-order valence-electron chi connectivity index (χ1n) is 5.00. The fourth-order valence-corrected chi connectivity index (χ4v) is 1.93. The van der Waals surface area contributed by atoms with Crippen molar-refractivity contribution >= 4 is 0 Å². The molecule has 1 unspecified atom stereocenters. The Morgan fingerprint density at radius 2 is 2.17 bits per heavy atom. The lowest BCUT2D eigenvalue weighted by Crippen LogP contribution is -2.46. The summed E-state index contributed by atoms with van der Waals surface area (Å²) in [5, 5.41) is 8.68. The Bertz CT molecular complexity index is 130. The normalized spacial score (nSPS) is 23.2. The van der Waals surface area contributed by atoms with Crippen LogP contribution in [0.25, 0.3) is 0 Å². The largest absolute Gasteiger partial charge is 0.394 e. The Balaban J connectivity index is 2.39. The molecule has 0 aromatic rings. The zero-order valence-electron chi connectivity index (χ0n) is 8.18. The van der Waals surface area contributed by atoms with Crippen molar-refractivity contribution in [2.24, 2.45) is 5.92 Å². The molecule has 0 aromatic carbocycles. The van der Waals surface area contributed by atoms with Gasteiger partial charge in [0.15, 0.2) is 0 Å². The van der Waals surface area contributed by atoms with E-state index in [1.165, 1.54) is 25.7 Å². The summed E-state index contributed by atoms with van der Waals surface area (Å²) in [6, 6.07) is 0. The van der Waals surface area contributed by atoms with E-state index in [4.69, 9.17) is 9.84 Å². The summed E-state index contributed by atoms with van der Waals surface area (Å²) in [5.74, 6) is 0.637. The zero-order valence-corrected chi connectivity index (χ0v) is 8.18. The third-order valence-electron chi connectivity index (χ3n) is 3.19. The molecular weight excluding hydrogens is 152 g/mol. The minimum absolute atomic E-state index is 0.123. The minimum Gasteiger partial charge on any atom is -0.394 e. The van der Waals surface area contributed by atoms with Gasteiger partial charge in [0, 0.05) is 0 Å². The molecule has 0 aliphatic heterocycles. The number of ether oxygens (including phenoxy) is 1. The Morgan fingerprint density at radius 1 is 1.50 bits per heavy atom. The standard InChI is InChI=1S/C10H20O2/c1-3-9(2)10(5-4-6-10)12-8-7-11/h9,11H,3-8H2,1-2H3. The van der Waals surface area contributed by atoms with Crippen molar-refractivity contribution in [2.45, 2.75) is 45.1 Å². The molecule has 72 valence electrons. The van der Waals surface area contributed by atoms with Crippen LogP contribution in [0.1, 0.15) is 39.5 Å². The topological polar surface area (TPSA) is 29.5 Å². The minimum atomic E-state index is 0.123. The molecule has 2 nitrogen and oxygen atoms in total. The summed E-state index contributed by atoms with van der Waals surface area (Å²) in [5.41, 5.74) is 0.123. The molecule has 1 aliphatic rings. The van der Waals surface area contributed by atoms with Crippen LogP contribution in [-0.2, 0) is 4.74 Å². The van der Waals surface area contributed by atoms with Gasteiger partial charge in [-0.2, -0.15) is 0 Å². The van der Waals surface area contributed by atoms with Gasteiger partial charge in [0.2, 0.25) is 0 Å². The van der Waals surface area contributed by atoms with E-state index < -0.39 is 0 Å². The highest BCUT2D eigenvalue weighted by Crippen LogP contribution is 2.42. The van der Waals surface area contributed by atoms with E-state index in [0.717, 1.165) is 0 Å². The molecule has 1 aliphatic carbocycles. The number of hydrogen-bond donors (Lipinski definition) is 1. The number of aliphatic hydroxyl groups excluding tert-OH is 1. The molecule has 0 saturated heterocycles. The summed E-state index contributed by atoms with van der Waals surface area (Å²) in [6.07, 6.45) is 4.82. The molecule has 0 aromatic heterocycles. The van der Waals surface area contributed by atoms with Gasteiger partial charge in [-0.25, -0.2) is 0 Å². The van der Waals surface area contributed by atoms with Crippen LogP contribution >= 0.6 is 0 Å². The molecule has 1 atom stereocenters. The van der Waals surface area contributed by atoms with Crippen molar-refractivity contribution in [3.8, 4) is 0 Å². The Kier molecular flexibility index (Phi) is 3.53. The van der Waals surface area contributed by atoms with Crippen molar-refractivity contribution in [1.29, 1.82) is 0 Å². The maximum absolute atomic E-state index is 8.68. The van der Waals surface area contributed by atoms with Crippen molar-refractivity contribution in [2.75, 3.05) is 13.2 Å². The van der Waals surface area contributed by atoms with E-state index >= 15 is 0 Å². The van der Waals surface area contributed by atoms with E-state index in [1.807, 2.05) is 0 Å². The summed E-state index contributed by atoms with van der Waals surface area (Å²) in [7, 11) is 0. The zero-order chi connectivity index (χ0) is 9.03. The van der Waals surface area contributed by atoms with Crippen molar-refractivity contribution in [3.05, 3.63) is 0 Å². The van der Waals surface area contributed by atoms with Crippen LogP contribution in [0.2, 0.25) is 0 Å². The van der Waals surface area contributed by atoms with E-state index in [0.29, 0.717) is 12.5 Å². The Hall–Kier alpha value is -0.0800. The smallest absolute Gasteiger partial charge is 0.0709 e. The molecule has 0 spiro atoms. The summed E-state index contributed by atoms with van der Waals surface area (Å²) >= 11 is 0. The quantitative estimate of drug-likeness (QED) is 0.687. The number of aliphatic hydroxyl groups is 1. The molecular formula is C10H20O2. The van der Waals surface area contributed by atoms with Gasteiger partial charge in [0.05, 0.1) is 18.8 Å². The molecule has 1 fully saturated rings. The third-order valence-corrected chi connectivity index (χ3v) is 3.19. The lowest BCUT2D eigenvalue weighted by molar-refractivity contribution is -0.141. The van der Waals surface area contributed by atoms with Crippen LogP contribution in [-0.4, -0.2) is 23.9 Å². The maximum atomic E-state index is 8.68. The Morgan fingerprint density at radius 3 is 2.50 bits per heavy atom. The van der Waals surface area contributed by atoms with Gasteiger partial charge in [-0.1, -0.05) is 20.3 Å². The molecule has 0 radical (unpaired) electrons. The first kappa shape index (κ1) is 10.0. The van der Waals surface area contributed by atoms with E-state index in [-0.39, 0.29) is 12.2 Å². The monoisotopic (exact) mass is 172 g/mol. The van der Waals surface area contributed by atoms with Gasteiger partial charge >= 0.3 is 0 Å². The molecule has 2 heteroatoms.